The molecule has 3 N–H and O–H groups in total. The normalized spacial score (nSPS) is 17.4. The van der Waals surface area contributed by atoms with Gasteiger partial charge in [-0.15, -0.1) is 0 Å². The van der Waals surface area contributed by atoms with Gasteiger partial charge in [0.1, 0.15) is 0 Å². The average molecular weight is 435 g/mol. The molecule has 1 saturated heterocycles. The van der Waals surface area contributed by atoms with E-state index in [0.29, 0.717) is 25.5 Å². The van der Waals surface area contributed by atoms with Crippen LogP contribution in [0.2, 0.25) is 0 Å². The Morgan fingerprint density at radius 2 is 2.06 bits per heavy atom. The predicted octanol–water partition coefficient (Wildman–Crippen LogP) is 2.34. The number of hydrogen-bond donors (Lipinski definition) is 2. The van der Waals surface area contributed by atoms with E-state index < -0.39 is 0 Å². The quantitative estimate of drug-likeness (QED) is 0.565. The number of nitrogens with two attached hydrogens (primary N) is 1. The maximum Gasteiger partial charge on any atom is 0.260 e. The Balaban J connectivity index is 1.43. The smallest absolute Gasteiger partial charge is 0.260 e. The fourth-order valence-corrected chi connectivity index (χ4v) is 4.12. The predicted molar refractivity (Wildman–Crippen MR) is 124 cm³/mol. The van der Waals surface area contributed by atoms with Crippen molar-refractivity contribution in [1.82, 2.24) is 14.8 Å². The molecule has 168 valence electrons. The zero-order valence-electron chi connectivity index (χ0n) is 18.4. The molecule has 0 spiro atoms. The van der Waals surface area contributed by atoms with Crippen LogP contribution < -0.4 is 10.5 Å². The maximum absolute atomic E-state index is 13.0. The summed E-state index contributed by atoms with van der Waals surface area (Å²) in [4.78, 5) is 21.4. The second-order valence-corrected chi connectivity index (χ2v) is 8.30. The zero-order valence-corrected chi connectivity index (χ0v) is 18.4. The Labute approximate surface area is 188 Å². The van der Waals surface area contributed by atoms with Crippen molar-refractivity contribution >= 4 is 16.8 Å². The van der Waals surface area contributed by atoms with Gasteiger partial charge in [-0.05, 0) is 35.7 Å². The first-order valence-corrected chi connectivity index (χ1v) is 11.0. The molecule has 0 bridgehead atoms. The van der Waals surface area contributed by atoms with Gasteiger partial charge < -0.3 is 20.5 Å². The molecule has 32 heavy (non-hydrogen) atoms. The maximum atomic E-state index is 13.0. The summed E-state index contributed by atoms with van der Waals surface area (Å²) in [6.07, 6.45) is 0.471. The number of hydrogen-bond acceptors (Lipinski definition) is 6. The summed E-state index contributed by atoms with van der Waals surface area (Å²) in [7, 11) is 1.80. The van der Waals surface area contributed by atoms with Crippen LogP contribution in [-0.4, -0.2) is 65.2 Å². The van der Waals surface area contributed by atoms with E-state index in [1.807, 2.05) is 54.6 Å². The largest absolute Gasteiger partial charge is 0.468 e. The lowest BCUT2D eigenvalue weighted by atomic mass is 10.0. The fraction of sp³-hybridized carbons (Fsp3) is 0.360. The summed E-state index contributed by atoms with van der Waals surface area (Å²) < 4.78 is 5.75. The summed E-state index contributed by atoms with van der Waals surface area (Å²) >= 11 is 0. The molecule has 7 nitrogen and oxygen atoms in total. The van der Waals surface area contributed by atoms with Crippen LogP contribution in [0.5, 0.6) is 5.88 Å². The van der Waals surface area contributed by atoms with Gasteiger partial charge in [0.15, 0.2) is 6.61 Å². The molecule has 1 aromatic heterocycles. The monoisotopic (exact) mass is 434 g/mol. The van der Waals surface area contributed by atoms with Crippen LogP contribution in [0.4, 0.5) is 0 Å². The number of aliphatic hydroxyl groups excluding tert-OH is 1. The van der Waals surface area contributed by atoms with E-state index in [9.17, 15) is 9.90 Å². The minimum Gasteiger partial charge on any atom is -0.468 e. The molecule has 3 aromatic rings. The molecule has 2 atom stereocenters. The summed E-state index contributed by atoms with van der Waals surface area (Å²) in [6, 6.07) is 19.4. The standard InChI is InChI=1S/C25H30N4O3/c1-28(23(19-5-3-2-4-6-19)16-29-12-11-21(30)15-29)25(31)17-32-24-10-8-20-13-18(14-26)7-9-22(20)27-24/h2-10,13,21,23,30H,11-12,14-17,26H2,1H3/t21-,23?/m0/s1. The Bertz CT molecular complexity index is 1060. The van der Waals surface area contributed by atoms with Crippen molar-refractivity contribution in [2.24, 2.45) is 5.73 Å². The van der Waals surface area contributed by atoms with E-state index in [-0.39, 0.29) is 24.7 Å². The lowest BCUT2D eigenvalue weighted by Crippen LogP contribution is -2.40. The highest BCUT2D eigenvalue weighted by Gasteiger charge is 2.28. The number of fused-ring (bicyclic) bond motifs is 1. The van der Waals surface area contributed by atoms with Gasteiger partial charge in [-0.3, -0.25) is 9.69 Å². The Hall–Kier alpha value is -3.00. The fourth-order valence-electron chi connectivity index (χ4n) is 4.12. The van der Waals surface area contributed by atoms with Gasteiger partial charge in [0.05, 0.1) is 17.7 Å². The number of β-amino-alcohol motifs (C(OH)–C–C–N with tert-alkyl or cyclic N) is 1. The average Bonchev–Trinajstić information content (AvgIpc) is 3.25. The molecular weight excluding hydrogens is 404 g/mol. The second kappa shape index (κ2) is 10.1. The Morgan fingerprint density at radius 1 is 1.25 bits per heavy atom. The number of amides is 1. The first-order chi connectivity index (χ1) is 15.5. The minimum atomic E-state index is -0.296. The number of ether oxygens (including phenoxy) is 1. The topological polar surface area (TPSA) is 91.9 Å². The van der Waals surface area contributed by atoms with E-state index >= 15 is 0 Å². The molecule has 1 fully saturated rings. The van der Waals surface area contributed by atoms with E-state index in [1.165, 1.54) is 0 Å². The molecule has 4 rings (SSSR count). The van der Waals surface area contributed by atoms with Crippen molar-refractivity contribution in [3.63, 3.8) is 0 Å². The number of carbonyl (C=O) groups excluding carboxylic acids is 1. The number of likely N-dealkylation sites (N-methyl/N-ethyl adjacent to an activating group) is 1. The molecule has 7 heteroatoms. The third-order valence-electron chi connectivity index (χ3n) is 6.03. The molecule has 2 heterocycles. The number of likely N-dealkylation sites (tertiary alicyclic amines) is 1. The second-order valence-electron chi connectivity index (χ2n) is 8.30. The third kappa shape index (κ3) is 5.24. The lowest BCUT2D eigenvalue weighted by Gasteiger charge is -2.32. The molecule has 1 aliphatic rings. The van der Waals surface area contributed by atoms with Gasteiger partial charge in [-0.25, -0.2) is 4.98 Å². The van der Waals surface area contributed by atoms with Gasteiger partial charge in [0, 0.05) is 44.7 Å². The van der Waals surface area contributed by atoms with Gasteiger partial charge in [0.2, 0.25) is 5.88 Å². The molecule has 1 amide bonds. The lowest BCUT2D eigenvalue weighted by molar-refractivity contribution is -0.134. The highest BCUT2D eigenvalue weighted by molar-refractivity contribution is 5.80. The molecular formula is C25H30N4O3. The van der Waals surface area contributed by atoms with Crippen molar-refractivity contribution in [1.29, 1.82) is 0 Å². The molecule has 2 aromatic carbocycles. The van der Waals surface area contributed by atoms with Gasteiger partial charge in [-0.2, -0.15) is 0 Å². The van der Waals surface area contributed by atoms with Gasteiger partial charge in [-0.1, -0.05) is 36.4 Å². The van der Waals surface area contributed by atoms with Crippen LogP contribution in [0.25, 0.3) is 10.9 Å². The van der Waals surface area contributed by atoms with Crippen LogP contribution >= 0.6 is 0 Å². The summed E-state index contributed by atoms with van der Waals surface area (Å²) in [5.74, 6) is 0.289. The highest BCUT2D eigenvalue weighted by Crippen LogP contribution is 2.24. The van der Waals surface area contributed by atoms with Crippen LogP contribution in [0, 0.1) is 0 Å². The first-order valence-electron chi connectivity index (χ1n) is 11.0. The van der Waals surface area contributed by atoms with Gasteiger partial charge >= 0.3 is 0 Å². The number of rotatable bonds is 8. The summed E-state index contributed by atoms with van der Waals surface area (Å²) in [5, 5.41) is 10.9. The number of pyridine rings is 1. The molecule has 0 saturated carbocycles. The number of carbonyl (C=O) groups is 1. The first kappa shape index (κ1) is 22.2. The van der Waals surface area contributed by atoms with Crippen LogP contribution in [-0.2, 0) is 11.3 Å². The molecule has 1 aliphatic heterocycles. The number of nitrogens with zero attached hydrogens (tertiary/aromatic N) is 3. The summed E-state index contributed by atoms with van der Waals surface area (Å²) in [5.41, 5.74) is 8.61. The van der Waals surface area contributed by atoms with Crippen LogP contribution in [0.1, 0.15) is 23.6 Å². The Morgan fingerprint density at radius 3 is 2.78 bits per heavy atom. The third-order valence-corrected chi connectivity index (χ3v) is 6.03. The van der Waals surface area contributed by atoms with E-state index in [2.05, 4.69) is 9.88 Å². The van der Waals surface area contributed by atoms with Crippen molar-refractivity contribution < 1.29 is 14.6 Å². The van der Waals surface area contributed by atoms with Crippen LogP contribution in [0.15, 0.2) is 60.7 Å². The minimum absolute atomic E-state index is 0.0954. The van der Waals surface area contributed by atoms with Crippen molar-refractivity contribution in [3.05, 3.63) is 71.8 Å². The van der Waals surface area contributed by atoms with E-state index in [0.717, 1.165) is 35.0 Å². The van der Waals surface area contributed by atoms with E-state index in [1.54, 1.807) is 18.0 Å². The number of benzene rings is 2. The number of aromatic nitrogens is 1. The molecule has 1 unspecified atom stereocenters. The number of aliphatic hydroxyl groups is 1. The van der Waals surface area contributed by atoms with E-state index in [4.69, 9.17) is 10.5 Å². The summed E-state index contributed by atoms with van der Waals surface area (Å²) in [6.45, 7) is 2.52. The van der Waals surface area contributed by atoms with Crippen molar-refractivity contribution in [2.75, 3.05) is 33.3 Å². The highest BCUT2D eigenvalue weighted by atomic mass is 16.5. The van der Waals surface area contributed by atoms with Gasteiger partial charge in [0.25, 0.3) is 5.91 Å². The Kier molecular flexibility index (Phi) is 6.99. The van der Waals surface area contributed by atoms with Crippen LogP contribution in [0.3, 0.4) is 0 Å². The van der Waals surface area contributed by atoms with Crippen molar-refractivity contribution in [2.45, 2.75) is 25.1 Å². The SMILES string of the molecule is CN(C(=O)COc1ccc2cc(CN)ccc2n1)C(CN1CC[C@H](O)C1)c1ccccc1. The molecule has 0 radical (unpaired) electrons. The molecule has 0 aliphatic carbocycles. The zero-order chi connectivity index (χ0) is 22.5. The van der Waals surface area contributed by atoms with Crippen molar-refractivity contribution in [3.8, 4) is 5.88 Å².